The number of halogens is 2. The molecular weight excluding hydrogens is 314 g/mol. The van der Waals surface area contributed by atoms with Crippen LogP contribution < -0.4 is 0 Å². The first-order valence-corrected chi connectivity index (χ1v) is 8.83. The van der Waals surface area contributed by atoms with Gasteiger partial charge in [-0.1, -0.05) is 74.4 Å². The molecule has 0 atom stereocenters. The van der Waals surface area contributed by atoms with Crippen molar-refractivity contribution in [2.45, 2.75) is 32.6 Å². The summed E-state index contributed by atoms with van der Waals surface area (Å²) < 4.78 is 29.1. The molecule has 0 saturated carbocycles. The molecule has 0 N–H and O–H groups in total. The largest absolute Gasteiger partial charge is 0.206 e. The Morgan fingerprint density at radius 2 is 1.32 bits per heavy atom. The number of benzene rings is 3. The first kappa shape index (κ1) is 17.3. The molecule has 0 saturated heterocycles. The number of rotatable bonds is 6. The Kier molecular flexibility index (Phi) is 5.60. The standard InChI is InChI=1S/C23H22F2/c1-2-3-5-8-17-11-13-18(14-12-17)20-15-21(24)23(22(25)16-20)19-9-6-4-7-10-19/h4,6-7,9-16H,2-3,5,8H2,1H3. The molecule has 0 fully saturated rings. The van der Waals surface area contributed by atoms with Gasteiger partial charge in [0.2, 0.25) is 0 Å². The second kappa shape index (κ2) is 8.06. The van der Waals surface area contributed by atoms with E-state index < -0.39 is 11.6 Å². The van der Waals surface area contributed by atoms with Gasteiger partial charge in [0.25, 0.3) is 0 Å². The lowest BCUT2D eigenvalue weighted by Gasteiger charge is -2.09. The third-order valence-electron chi connectivity index (χ3n) is 4.46. The van der Waals surface area contributed by atoms with Crippen molar-refractivity contribution in [2.24, 2.45) is 0 Å². The molecule has 0 unspecified atom stereocenters. The normalized spacial score (nSPS) is 10.8. The van der Waals surface area contributed by atoms with Crippen LogP contribution in [0.4, 0.5) is 8.78 Å². The lowest BCUT2D eigenvalue weighted by molar-refractivity contribution is 0.590. The van der Waals surface area contributed by atoms with Crippen molar-refractivity contribution < 1.29 is 8.78 Å². The topological polar surface area (TPSA) is 0 Å². The average Bonchev–Trinajstić information content (AvgIpc) is 2.63. The molecule has 0 bridgehead atoms. The predicted octanol–water partition coefficient (Wildman–Crippen LogP) is 7.03. The third-order valence-corrected chi connectivity index (χ3v) is 4.46. The lowest BCUT2D eigenvalue weighted by Crippen LogP contribution is -1.92. The van der Waals surface area contributed by atoms with Crippen molar-refractivity contribution in [3.05, 3.63) is 83.9 Å². The van der Waals surface area contributed by atoms with Crippen molar-refractivity contribution in [2.75, 3.05) is 0 Å². The summed E-state index contributed by atoms with van der Waals surface area (Å²) in [5.41, 5.74) is 3.24. The summed E-state index contributed by atoms with van der Waals surface area (Å²) >= 11 is 0. The van der Waals surface area contributed by atoms with E-state index in [1.165, 1.54) is 37.0 Å². The van der Waals surface area contributed by atoms with E-state index in [2.05, 4.69) is 6.92 Å². The van der Waals surface area contributed by atoms with Gasteiger partial charge in [-0.05, 0) is 47.2 Å². The highest BCUT2D eigenvalue weighted by Crippen LogP contribution is 2.31. The molecule has 0 aliphatic carbocycles. The minimum atomic E-state index is -0.534. The van der Waals surface area contributed by atoms with Gasteiger partial charge in [0.1, 0.15) is 11.6 Å². The van der Waals surface area contributed by atoms with E-state index in [9.17, 15) is 8.78 Å². The van der Waals surface area contributed by atoms with Gasteiger partial charge in [0.15, 0.2) is 0 Å². The van der Waals surface area contributed by atoms with E-state index in [1.807, 2.05) is 30.3 Å². The second-order valence-electron chi connectivity index (χ2n) is 6.33. The Labute approximate surface area is 148 Å². The van der Waals surface area contributed by atoms with Crippen molar-refractivity contribution in [3.63, 3.8) is 0 Å². The Bertz CT molecular complexity index is 797. The van der Waals surface area contributed by atoms with Crippen LogP contribution in [-0.4, -0.2) is 0 Å². The fraction of sp³-hybridized carbons (Fsp3) is 0.217. The molecular formula is C23H22F2. The van der Waals surface area contributed by atoms with Gasteiger partial charge in [-0.15, -0.1) is 0 Å². The summed E-state index contributed by atoms with van der Waals surface area (Å²) in [5, 5.41) is 0. The molecule has 0 aliphatic rings. The first-order valence-electron chi connectivity index (χ1n) is 8.83. The molecule has 128 valence electrons. The molecule has 0 radical (unpaired) electrons. The van der Waals surface area contributed by atoms with E-state index in [1.54, 1.807) is 24.3 Å². The van der Waals surface area contributed by atoms with E-state index >= 15 is 0 Å². The zero-order chi connectivity index (χ0) is 17.6. The molecule has 3 aromatic rings. The molecule has 2 heteroatoms. The third kappa shape index (κ3) is 4.14. The highest BCUT2D eigenvalue weighted by molar-refractivity contribution is 5.71. The molecule has 25 heavy (non-hydrogen) atoms. The molecule has 0 amide bonds. The van der Waals surface area contributed by atoms with Crippen LogP contribution in [0.25, 0.3) is 22.3 Å². The molecule has 0 nitrogen and oxygen atoms in total. The smallest absolute Gasteiger partial charge is 0.134 e. The Morgan fingerprint density at radius 1 is 0.680 bits per heavy atom. The lowest BCUT2D eigenvalue weighted by atomic mass is 9.97. The molecule has 0 aromatic heterocycles. The van der Waals surface area contributed by atoms with Gasteiger partial charge in [-0.25, -0.2) is 8.78 Å². The van der Waals surface area contributed by atoms with Crippen molar-refractivity contribution >= 4 is 0 Å². The van der Waals surface area contributed by atoms with Crippen LogP contribution in [0.15, 0.2) is 66.7 Å². The SMILES string of the molecule is CCCCCc1ccc(-c2cc(F)c(-c3ccccc3)c(F)c2)cc1. The second-order valence-corrected chi connectivity index (χ2v) is 6.33. The van der Waals surface area contributed by atoms with Crippen molar-refractivity contribution in [1.82, 2.24) is 0 Å². The average molecular weight is 336 g/mol. The van der Waals surface area contributed by atoms with Crippen LogP contribution in [0.3, 0.4) is 0 Å². The minimum Gasteiger partial charge on any atom is -0.206 e. The van der Waals surface area contributed by atoms with Crippen LogP contribution >= 0.6 is 0 Å². The summed E-state index contributed by atoms with van der Waals surface area (Å²) in [6, 6.07) is 19.6. The van der Waals surface area contributed by atoms with Crippen LogP contribution in [0.1, 0.15) is 31.7 Å². The van der Waals surface area contributed by atoms with Gasteiger partial charge in [-0.3, -0.25) is 0 Å². The summed E-state index contributed by atoms with van der Waals surface area (Å²) in [6.07, 6.45) is 4.64. The van der Waals surface area contributed by atoms with Gasteiger partial charge in [0, 0.05) is 0 Å². The summed E-state index contributed by atoms with van der Waals surface area (Å²) in [7, 11) is 0. The fourth-order valence-electron chi connectivity index (χ4n) is 3.06. The van der Waals surface area contributed by atoms with Crippen molar-refractivity contribution in [3.8, 4) is 22.3 Å². The number of hydrogen-bond donors (Lipinski definition) is 0. The first-order chi connectivity index (χ1) is 12.2. The van der Waals surface area contributed by atoms with Gasteiger partial charge < -0.3 is 0 Å². The maximum absolute atomic E-state index is 14.5. The quantitative estimate of drug-likeness (QED) is 0.424. The zero-order valence-corrected chi connectivity index (χ0v) is 14.4. The molecule has 3 rings (SSSR count). The van der Waals surface area contributed by atoms with Crippen LogP contribution in [-0.2, 0) is 6.42 Å². The monoisotopic (exact) mass is 336 g/mol. The molecule has 0 aliphatic heterocycles. The van der Waals surface area contributed by atoms with Gasteiger partial charge in [-0.2, -0.15) is 0 Å². The van der Waals surface area contributed by atoms with Gasteiger partial charge in [0.05, 0.1) is 5.56 Å². The number of hydrogen-bond acceptors (Lipinski definition) is 0. The van der Waals surface area contributed by atoms with E-state index in [0.717, 1.165) is 12.0 Å². The molecule has 0 heterocycles. The van der Waals surface area contributed by atoms with Crippen LogP contribution in [0, 0.1) is 11.6 Å². The Hall–Kier alpha value is -2.48. The Morgan fingerprint density at radius 3 is 1.92 bits per heavy atom. The molecule has 0 spiro atoms. The van der Waals surface area contributed by atoms with E-state index in [0.29, 0.717) is 11.1 Å². The fourth-order valence-corrected chi connectivity index (χ4v) is 3.06. The number of unbranched alkanes of at least 4 members (excludes halogenated alkanes) is 2. The maximum atomic E-state index is 14.5. The minimum absolute atomic E-state index is 0.0283. The Balaban J connectivity index is 1.86. The summed E-state index contributed by atoms with van der Waals surface area (Å²) in [5.74, 6) is -1.07. The highest BCUT2D eigenvalue weighted by Gasteiger charge is 2.13. The van der Waals surface area contributed by atoms with Gasteiger partial charge >= 0.3 is 0 Å². The number of aryl methyl sites for hydroxylation is 1. The summed E-state index contributed by atoms with van der Waals surface area (Å²) in [4.78, 5) is 0. The predicted molar refractivity (Wildman–Crippen MR) is 100 cm³/mol. The maximum Gasteiger partial charge on any atom is 0.134 e. The van der Waals surface area contributed by atoms with E-state index in [-0.39, 0.29) is 5.56 Å². The molecule has 3 aromatic carbocycles. The van der Waals surface area contributed by atoms with Crippen LogP contribution in [0.5, 0.6) is 0 Å². The van der Waals surface area contributed by atoms with Crippen molar-refractivity contribution in [1.29, 1.82) is 0 Å². The zero-order valence-electron chi connectivity index (χ0n) is 14.4. The summed E-state index contributed by atoms with van der Waals surface area (Å²) in [6.45, 7) is 2.19. The highest BCUT2D eigenvalue weighted by atomic mass is 19.1. The van der Waals surface area contributed by atoms with E-state index in [4.69, 9.17) is 0 Å². The van der Waals surface area contributed by atoms with Crippen LogP contribution in [0.2, 0.25) is 0 Å².